The molecule has 2 N–H and O–H groups in total. The van der Waals surface area contributed by atoms with Crippen LogP contribution in [0.3, 0.4) is 0 Å². The van der Waals surface area contributed by atoms with Gasteiger partial charge < -0.3 is 10.2 Å². The van der Waals surface area contributed by atoms with Crippen LogP contribution in [0.25, 0.3) is 0 Å². The smallest absolute Gasteiger partial charge is 0.0951 e. The number of hydrogen-bond acceptors (Lipinski definition) is 2. The van der Waals surface area contributed by atoms with Crippen molar-refractivity contribution in [2.75, 3.05) is 6.61 Å². The summed E-state index contributed by atoms with van der Waals surface area (Å²) in [5, 5.41) is 17.1. The minimum Gasteiger partial charge on any atom is -0.393 e. The van der Waals surface area contributed by atoms with Gasteiger partial charge in [-0.25, -0.2) is 0 Å². The Kier molecular flexibility index (Phi) is 5.57. The SMILES string of the molecule is CCC/C=C\C(O)CO. The van der Waals surface area contributed by atoms with E-state index in [0.717, 1.165) is 12.8 Å². The molecule has 0 bridgehead atoms. The molecule has 0 rings (SSSR count). The van der Waals surface area contributed by atoms with Gasteiger partial charge in [-0.05, 0) is 6.42 Å². The molecule has 1 unspecified atom stereocenters. The predicted molar refractivity (Wildman–Crippen MR) is 37.1 cm³/mol. The topological polar surface area (TPSA) is 40.5 Å². The molecule has 2 nitrogen and oxygen atoms in total. The van der Waals surface area contributed by atoms with Gasteiger partial charge in [0.15, 0.2) is 0 Å². The molecule has 0 aromatic carbocycles. The van der Waals surface area contributed by atoms with Gasteiger partial charge in [0, 0.05) is 0 Å². The van der Waals surface area contributed by atoms with E-state index in [-0.39, 0.29) is 6.61 Å². The number of hydrogen-bond donors (Lipinski definition) is 2. The molecule has 0 saturated heterocycles. The average Bonchev–Trinajstić information content (AvgIpc) is 1.89. The van der Waals surface area contributed by atoms with Crippen molar-refractivity contribution < 1.29 is 10.2 Å². The Labute approximate surface area is 55.8 Å². The van der Waals surface area contributed by atoms with Crippen LogP contribution in [0.2, 0.25) is 0 Å². The molecule has 9 heavy (non-hydrogen) atoms. The molecule has 0 aromatic rings. The lowest BCUT2D eigenvalue weighted by molar-refractivity contribution is 0.131. The summed E-state index contributed by atoms with van der Waals surface area (Å²) in [5.41, 5.74) is 0. The molecule has 0 saturated carbocycles. The summed E-state index contributed by atoms with van der Waals surface area (Å²) in [7, 11) is 0. The molecule has 0 aliphatic heterocycles. The van der Waals surface area contributed by atoms with Gasteiger partial charge in [-0.2, -0.15) is 0 Å². The standard InChI is InChI=1S/C7H14O2/c1-2-3-4-5-7(9)6-8/h4-5,7-9H,2-3,6H2,1H3/b5-4-. The highest BCUT2D eigenvalue weighted by Crippen LogP contribution is 1.90. The zero-order chi connectivity index (χ0) is 7.11. The first-order valence-corrected chi connectivity index (χ1v) is 3.26. The fourth-order valence-electron chi connectivity index (χ4n) is 0.481. The maximum Gasteiger partial charge on any atom is 0.0951 e. The lowest BCUT2D eigenvalue weighted by Gasteiger charge is -1.96. The van der Waals surface area contributed by atoms with Gasteiger partial charge in [0.2, 0.25) is 0 Å². The van der Waals surface area contributed by atoms with Gasteiger partial charge in [-0.1, -0.05) is 25.5 Å². The first kappa shape index (κ1) is 8.66. The van der Waals surface area contributed by atoms with Gasteiger partial charge in [-0.3, -0.25) is 0 Å². The largest absolute Gasteiger partial charge is 0.393 e. The van der Waals surface area contributed by atoms with Crippen molar-refractivity contribution >= 4 is 0 Å². The second-order valence-electron chi connectivity index (χ2n) is 1.97. The Morgan fingerprint density at radius 1 is 1.56 bits per heavy atom. The number of allylic oxidation sites excluding steroid dienone is 1. The van der Waals surface area contributed by atoms with Gasteiger partial charge in [-0.15, -0.1) is 0 Å². The molecule has 0 radical (unpaired) electrons. The number of aliphatic hydroxyl groups excluding tert-OH is 2. The molecule has 0 aromatic heterocycles. The Morgan fingerprint density at radius 2 is 2.22 bits per heavy atom. The summed E-state index contributed by atoms with van der Waals surface area (Å²) >= 11 is 0. The van der Waals surface area contributed by atoms with E-state index in [4.69, 9.17) is 10.2 Å². The van der Waals surface area contributed by atoms with Crippen molar-refractivity contribution in [3.8, 4) is 0 Å². The van der Waals surface area contributed by atoms with Gasteiger partial charge >= 0.3 is 0 Å². The Balaban J connectivity index is 3.20. The van der Waals surface area contributed by atoms with Crippen LogP contribution in [0.4, 0.5) is 0 Å². The number of unbranched alkanes of at least 4 members (excludes halogenated alkanes) is 1. The Bertz CT molecular complexity index is 79.0. The van der Waals surface area contributed by atoms with Crippen LogP contribution in [0.5, 0.6) is 0 Å². The summed E-state index contributed by atoms with van der Waals surface area (Å²) in [6.07, 6.45) is 4.87. The monoisotopic (exact) mass is 130 g/mol. The molecule has 0 aliphatic rings. The molecule has 0 fully saturated rings. The minimum absolute atomic E-state index is 0.180. The van der Waals surface area contributed by atoms with Crippen LogP contribution in [0.1, 0.15) is 19.8 Å². The van der Waals surface area contributed by atoms with Crippen molar-refractivity contribution in [1.82, 2.24) is 0 Å². The molecule has 0 spiro atoms. The maximum atomic E-state index is 8.75. The van der Waals surface area contributed by atoms with E-state index in [1.807, 2.05) is 6.08 Å². The first-order chi connectivity index (χ1) is 4.31. The highest BCUT2D eigenvalue weighted by molar-refractivity contribution is 4.87. The van der Waals surface area contributed by atoms with E-state index in [1.54, 1.807) is 6.08 Å². The third-order valence-electron chi connectivity index (χ3n) is 1.00. The van der Waals surface area contributed by atoms with E-state index in [0.29, 0.717) is 0 Å². The molecule has 1 atom stereocenters. The third-order valence-corrected chi connectivity index (χ3v) is 1.00. The van der Waals surface area contributed by atoms with Crippen molar-refractivity contribution in [3.63, 3.8) is 0 Å². The first-order valence-electron chi connectivity index (χ1n) is 3.26. The molecular weight excluding hydrogens is 116 g/mol. The van der Waals surface area contributed by atoms with Crippen molar-refractivity contribution in [3.05, 3.63) is 12.2 Å². The normalized spacial score (nSPS) is 14.6. The highest BCUT2D eigenvalue weighted by atomic mass is 16.3. The number of rotatable bonds is 4. The fraction of sp³-hybridized carbons (Fsp3) is 0.714. The zero-order valence-corrected chi connectivity index (χ0v) is 5.75. The van der Waals surface area contributed by atoms with Crippen LogP contribution in [-0.2, 0) is 0 Å². The van der Waals surface area contributed by atoms with E-state index in [1.165, 1.54) is 0 Å². The summed E-state index contributed by atoms with van der Waals surface area (Å²) in [5.74, 6) is 0. The lowest BCUT2D eigenvalue weighted by Crippen LogP contribution is -2.06. The molecule has 2 heteroatoms. The fourth-order valence-corrected chi connectivity index (χ4v) is 0.481. The van der Waals surface area contributed by atoms with Gasteiger partial charge in [0.25, 0.3) is 0 Å². The van der Waals surface area contributed by atoms with Crippen molar-refractivity contribution in [1.29, 1.82) is 0 Å². The quantitative estimate of drug-likeness (QED) is 0.550. The Morgan fingerprint density at radius 3 is 2.67 bits per heavy atom. The molecule has 54 valence electrons. The van der Waals surface area contributed by atoms with Crippen LogP contribution < -0.4 is 0 Å². The number of aliphatic hydroxyl groups is 2. The highest BCUT2D eigenvalue weighted by Gasteiger charge is 1.90. The van der Waals surface area contributed by atoms with Crippen LogP contribution in [0, 0.1) is 0 Å². The second kappa shape index (κ2) is 5.79. The summed E-state index contributed by atoms with van der Waals surface area (Å²) < 4.78 is 0. The zero-order valence-electron chi connectivity index (χ0n) is 5.75. The van der Waals surface area contributed by atoms with Crippen molar-refractivity contribution in [2.24, 2.45) is 0 Å². The van der Waals surface area contributed by atoms with E-state index in [2.05, 4.69) is 6.92 Å². The molecular formula is C7H14O2. The van der Waals surface area contributed by atoms with Crippen LogP contribution in [-0.4, -0.2) is 22.9 Å². The summed E-state index contributed by atoms with van der Waals surface area (Å²) in [4.78, 5) is 0. The average molecular weight is 130 g/mol. The van der Waals surface area contributed by atoms with Crippen LogP contribution in [0.15, 0.2) is 12.2 Å². The maximum absolute atomic E-state index is 8.75. The van der Waals surface area contributed by atoms with Crippen molar-refractivity contribution in [2.45, 2.75) is 25.9 Å². The van der Waals surface area contributed by atoms with E-state index in [9.17, 15) is 0 Å². The third kappa shape index (κ3) is 5.53. The summed E-state index contributed by atoms with van der Waals surface area (Å²) in [6, 6.07) is 0. The Hall–Kier alpha value is -0.340. The second-order valence-corrected chi connectivity index (χ2v) is 1.97. The van der Waals surface area contributed by atoms with Crippen LogP contribution >= 0.6 is 0 Å². The minimum atomic E-state index is -0.670. The molecule has 0 heterocycles. The predicted octanol–water partition coefficient (Wildman–Crippen LogP) is 0.696. The lowest BCUT2D eigenvalue weighted by atomic mass is 10.2. The van der Waals surface area contributed by atoms with E-state index < -0.39 is 6.10 Å². The molecule has 0 amide bonds. The molecule has 0 aliphatic carbocycles. The summed E-state index contributed by atoms with van der Waals surface area (Å²) in [6.45, 7) is 1.88. The van der Waals surface area contributed by atoms with Gasteiger partial charge in [0.1, 0.15) is 0 Å². The van der Waals surface area contributed by atoms with Gasteiger partial charge in [0.05, 0.1) is 12.7 Å². The van der Waals surface area contributed by atoms with E-state index >= 15 is 0 Å².